The minimum absolute atomic E-state index is 0.0584. The van der Waals surface area contributed by atoms with Crippen LogP contribution in [0.2, 0.25) is 0 Å². The lowest BCUT2D eigenvalue weighted by Gasteiger charge is -2.33. The first kappa shape index (κ1) is 28.4. The molecule has 0 radical (unpaired) electrons. The van der Waals surface area contributed by atoms with Gasteiger partial charge in [0.1, 0.15) is 18.1 Å². The van der Waals surface area contributed by atoms with Crippen molar-refractivity contribution in [3.63, 3.8) is 0 Å². The summed E-state index contributed by atoms with van der Waals surface area (Å²) in [4.78, 5) is 29.4. The molecule has 210 valence electrons. The molecule has 0 bridgehead atoms. The first-order chi connectivity index (χ1) is 18.9. The quantitative estimate of drug-likeness (QED) is 0.354. The van der Waals surface area contributed by atoms with E-state index in [0.29, 0.717) is 48.3 Å². The Labute approximate surface area is 229 Å². The summed E-state index contributed by atoms with van der Waals surface area (Å²) in [7, 11) is 1.56. The summed E-state index contributed by atoms with van der Waals surface area (Å²) in [6.07, 6.45) is 2.42. The first-order valence-corrected chi connectivity index (χ1v) is 13.7. The van der Waals surface area contributed by atoms with Crippen LogP contribution in [0, 0.1) is 5.92 Å². The van der Waals surface area contributed by atoms with Gasteiger partial charge in [-0.1, -0.05) is 37.3 Å². The van der Waals surface area contributed by atoms with Crippen molar-refractivity contribution >= 4 is 22.8 Å². The Hall–Kier alpha value is -3.66. The molecular formula is C29H39N5O5. The highest BCUT2D eigenvalue weighted by Crippen LogP contribution is 2.33. The number of rotatable bonds is 13. The zero-order chi connectivity index (χ0) is 27.8. The van der Waals surface area contributed by atoms with Gasteiger partial charge < -0.3 is 24.4 Å². The molecule has 1 saturated heterocycles. The molecule has 0 spiro atoms. The zero-order valence-corrected chi connectivity index (χ0v) is 23.3. The summed E-state index contributed by atoms with van der Waals surface area (Å²) in [6, 6.07) is 12.0. The van der Waals surface area contributed by atoms with Gasteiger partial charge in [0.05, 0.1) is 25.3 Å². The van der Waals surface area contributed by atoms with Gasteiger partial charge in [0.2, 0.25) is 11.8 Å². The summed E-state index contributed by atoms with van der Waals surface area (Å²) in [6.45, 7) is 7.96. The molecule has 2 aromatic carbocycles. The van der Waals surface area contributed by atoms with Crippen LogP contribution in [0.25, 0.3) is 11.0 Å². The van der Waals surface area contributed by atoms with Gasteiger partial charge in [-0.15, -0.1) is 5.10 Å². The van der Waals surface area contributed by atoms with E-state index in [0.717, 1.165) is 24.8 Å². The minimum atomic E-state index is -0.895. The highest BCUT2D eigenvalue weighted by atomic mass is 16.5. The van der Waals surface area contributed by atoms with Crippen molar-refractivity contribution in [3.05, 3.63) is 48.0 Å². The fourth-order valence-electron chi connectivity index (χ4n) is 4.79. The number of ether oxygens (including phenoxy) is 3. The van der Waals surface area contributed by atoms with Crippen molar-refractivity contribution in [2.45, 2.75) is 58.7 Å². The van der Waals surface area contributed by atoms with Crippen LogP contribution in [0.3, 0.4) is 0 Å². The summed E-state index contributed by atoms with van der Waals surface area (Å²) in [5.74, 6) is 1.00. The monoisotopic (exact) mass is 537 g/mol. The molecule has 2 amide bonds. The number of carbonyl (C=O) groups is 2. The number of hydrogen-bond donors (Lipinski definition) is 1. The van der Waals surface area contributed by atoms with Crippen LogP contribution in [0.1, 0.15) is 51.6 Å². The Morgan fingerprint density at radius 2 is 2.03 bits per heavy atom. The summed E-state index contributed by atoms with van der Waals surface area (Å²) in [5, 5.41) is 11.5. The number of nitrogens with one attached hydrogen (secondary N) is 1. The van der Waals surface area contributed by atoms with Crippen molar-refractivity contribution in [1.82, 2.24) is 25.2 Å². The topological polar surface area (TPSA) is 108 Å². The maximum absolute atomic E-state index is 14.0. The van der Waals surface area contributed by atoms with E-state index in [1.807, 2.05) is 37.3 Å². The number of fused-ring (bicyclic) bond motifs is 1. The van der Waals surface area contributed by atoms with E-state index < -0.39 is 6.04 Å². The second-order valence-corrected chi connectivity index (χ2v) is 10.1. The van der Waals surface area contributed by atoms with Crippen molar-refractivity contribution in [1.29, 1.82) is 0 Å². The number of methoxy groups -OCH3 is 1. The summed E-state index contributed by atoms with van der Waals surface area (Å²) < 4.78 is 18.8. The molecule has 1 aromatic heterocycles. The Morgan fingerprint density at radius 3 is 2.74 bits per heavy atom. The van der Waals surface area contributed by atoms with E-state index in [9.17, 15) is 9.59 Å². The molecule has 10 nitrogen and oxygen atoms in total. The van der Waals surface area contributed by atoms with Gasteiger partial charge >= 0.3 is 0 Å². The van der Waals surface area contributed by atoms with Crippen LogP contribution in [0.15, 0.2) is 42.5 Å². The molecule has 10 heteroatoms. The zero-order valence-electron chi connectivity index (χ0n) is 23.3. The van der Waals surface area contributed by atoms with Crippen molar-refractivity contribution in [3.8, 4) is 11.5 Å². The van der Waals surface area contributed by atoms with E-state index in [2.05, 4.69) is 29.5 Å². The molecule has 2 heterocycles. The van der Waals surface area contributed by atoms with Crippen LogP contribution in [0.5, 0.6) is 11.5 Å². The van der Waals surface area contributed by atoms with Crippen molar-refractivity contribution in [2.24, 2.45) is 5.92 Å². The third-order valence-corrected chi connectivity index (χ3v) is 6.83. The van der Waals surface area contributed by atoms with Crippen LogP contribution >= 0.6 is 0 Å². The molecule has 3 aromatic rings. The van der Waals surface area contributed by atoms with Gasteiger partial charge in [-0.2, -0.15) is 0 Å². The highest BCUT2D eigenvalue weighted by Gasteiger charge is 2.35. The van der Waals surface area contributed by atoms with E-state index in [-0.39, 0.29) is 31.0 Å². The lowest BCUT2D eigenvalue weighted by atomic mass is 10.0. The number of benzene rings is 2. The van der Waals surface area contributed by atoms with Crippen molar-refractivity contribution < 1.29 is 23.8 Å². The molecule has 2 atom stereocenters. The first-order valence-electron chi connectivity index (χ1n) is 13.7. The molecule has 39 heavy (non-hydrogen) atoms. The number of nitrogens with zero attached hydrogens (tertiary/aromatic N) is 4. The fourth-order valence-corrected chi connectivity index (χ4v) is 4.79. The summed E-state index contributed by atoms with van der Waals surface area (Å²) in [5.41, 5.74) is 2.09. The highest BCUT2D eigenvalue weighted by molar-refractivity contribution is 5.89. The third-order valence-electron chi connectivity index (χ3n) is 6.83. The molecule has 0 aliphatic carbocycles. The predicted octanol–water partition coefficient (Wildman–Crippen LogP) is 3.75. The number of aromatic nitrogens is 3. The number of para-hydroxylation sites is 1. The molecule has 4 rings (SSSR count). The lowest BCUT2D eigenvalue weighted by Crippen LogP contribution is -2.48. The van der Waals surface area contributed by atoms with Gasteiger partial charge in [0.25, 0.3) is 0 Å². The second kappa shape index (κ2) is 13.4. The predicted molar refractivity (Wildman–Crippen MR) is 148 cm³/mol. The molecule has 0 saturated carbocycles. The van der Waals surface area contributed by atoms with E-state index >= 15 is 0 Å². The van der Waals surface area contributed by atoms with Gasteiger partial charge in [-0.05, 0) is 61.9 Å². The van der Waals surface area contributed by atoms with Crippen LogP contribution in [-0.2, 0) is 20.9 Å². The lowest BCUT2D eigenvalue weighted by molar-refractivity contribution is -0.143. The van der Waals surface area contributed by atoms with Gasteiger partial charge in [0.15, 0.2) is 11.5 Å². The van der Waals surface area contributed by atoms with Gasteiger partial charge in [-0.25, -0.2) is 4.68 Å². The maximum Gasteiger partial charge on any atom is 0.247 e. The third kappa shape index (κ3) is 7.06. The Kier molecular flexibility index (Phi) is 9.75. The SMILES string of the molecule is CCOc1ccc(C(C(=O)NCCC(C)C)N(CC2CCCO2)C(=O)Cn2nnc3ccccc32)cc1OC. The Balaban J connectivity index is 1.71. The number of carbonyl (C=O) groups excluding carboxylic acids is 2. The largest absolute Gasteiger partial charge is 0.493 e. The maximum atomic E-state index is 14.0. The van der Waals surface area contributed by atoms with Crippen LogP contribution in [0.4, 0.5) is 0 Å². The van der Waals surface area contributed by atoms with E-state index in [4.69, 9.17) is 14.2 Å². The minimum Gasteiger partial charge on any atom is -0.493 e. The smallest absolute Gasteiger partial charge is 0.247 e. The van der Waals surface area contributed by atoms with E-state index in [1.165, 1.54) is 0 Å². The van der Waals surface area contributed by atoms with Gasteiger partial charge in [0, 0.05) is 19.7 Å². The van der Waals surface area contributed by atoms with Crippen molar-refractivity contribution in [2.75, 3.05) is 33.4 Å². The van der Waals surface area contributed by atoms with Crippen LogP contribution in [-0.4, -0.2) is 71.2 Å². The molecule has 1 N–H and O–H groups in total. The average molecular weight is 538 g/mol. The van der Waals surface area contributed by atoms with Crippen LogP contribution < -0.4 is 14.8 Å². The second-order valence-electron chi connectivity index (χ2n) is 10.1. The summed E-state index contributed by atoms with van der Waals surface area (Å²) >= 11 is 0. The Morgan fingerprint density at radius 1 is 1.21 bits per heavy atom. The molecule has 1 aliphatic rings. The standard InChI is InChI=1S/C29H39N5O5/c1-5-38-25-13-12-21(17-26(25)37-4)28(29(36)30-15-14-20(2)3)33(18-22-9-8-16-39-22)27(35)19-34-24-11-7-6-10-23(24)31-32-34/h6-7,10-13,17,20,22,28H,5,8-9,14-16,18-19H2,1-4H3,(H,30,36). The number of amides is 2. The molecule has 1 fully saturated rings. The number of hydrogen-bond acceptors (Lipinski definition) is 7. The molecular weight excluding hydrogens is 498 g/mol. The van der Waals surface area contributed by atoms with E-state index in [1.54, 1.807) is 28.8 Å². The molecule has 1 aliphatic heterocycles. The Bertz CT molecular complexity index is 1250. The molecule has 2 unspecified atom stereocenters. The normalized spacial score (nSPS) is 15.9. The fraction of sp³-hybridized carbons (Fsp3) is 0.517. The average Bonchev–Trinajstić information content (AvgIpc) is 3.59. The van der Waals surface area contributed by atoms with Gasteiger partial charge in [-0.3, -0.25) is 9.59 Å².